The van der Waals surface area contributed by atoms with Crippen molar-refractivity contribution in [2.45, 2.75) is 6.92 Å². The van der Waals surface area contributed by atoms with E-state index in [0.717, 1.165) is 29.9 Å². The Morgan fingerprint density at radius 2 is 1.58 bits per heavy atom. The summed E-state index contributed by atoms with van der Waals surface area (Å²) in [4.78, 5) is 27.4. The highest BCUT2D eigenvalue weighted by atomic mass is 16.4. The molecule has 124 valence electrons. The summed E-state index contributed by atoms with van der Waals surface area (Å²) in [7, 11) is 0. The van der Waals surface area contributed by atoms with Gasteiger partial charge in [0.2, 0.25) is 0 Å². The molecule has 0 atom stereocenters. The lowest BCUT2D eigenvalue weighted by atomic mass is 10.1. The number of amides is 1. The number of benzene rings is 2. The number of anilines is 1. The molecule has 24 heavy (non-hydrogen) atoms. The molecular formula is C19H19N2O3-. The van der Waals surface area contributed by atoms with Gasteiger partial charge in [0, 0.05) is 37.4 Å². The molecule has 0 N–H and O–H groups in total. The molecule has 1 amide bonds. The molecule has 2 aromatic carbocycles. The molecule has 1 heterocycles. The molecule has 1 aliphatic rings. The number of carbonyl (C=O) groups excluding carboxylic acids is 2. The Morgan fingerprint density at radius 1 is 0.917 bits per heavy atom. The minimum atomic E-state index is -1.17. The lowest BCUT2D eigenvalue weighted by Crippen LogP contribution is -2.48. The van der Waals surface area contributed by atoms with Gasteiger partial charge in [0.1, 0.15) is 0 Å². The Labute approximate surface area is 141 Å². The summed E-state index contributed by atoms with van der Waals surface area (Å²) >= 11 is 0. The second-order valence-corrected chi connectivity index (χ2v) is 5.98. The normalized spacial score (nSPS) is 14.5. The Morgan fingerprint density at radius 3 is 2.17 bits per heavy atom. The van der Waals surface area contributed by atoms with Gasteiger partial charge in [0.25, 0.3) is 5.91 Å². The topological polar surface area (TPSA) is 63.7 Å². The van der Waals surface area contributed by atoms with Crippen molar-refractivity contribution in [1.82, 2.24) is 4.90 Å². The summed E-state index contributed by atoms with van der Waals surface area (Å²) in [6.45, 7) is 4.72. The highest BCUT2D eigenvalue weighted by Crippen LogP contribution is 2.18. The van der Waals surface area contributed by atoms with Crippen molar-refractivity contribution in [3.05, 3.63) is 65.2 Å². The Balaban J connectivity index is 1.63. The van der Waals surface area contributed by atoms with Gasteiger partial charge in [-0.05, 0) is 36.8 Å². The van der Waals surface area contributed by atoms with Gasteiger partial charge >= 0.3 is 0 Å². The van der Waals surface area contributed by atoms with E-state index in [9.17, 15) is 14.7 Å². The van der Waals surface area contributed by atoms with Gasteiger partial charge in [-0.15, -0.1) is 0 Å². The van der Waals surface area contributed by atoms with Crippen molar-refractivity contribution in [2.24, 2.45) is 0 Å². The van der Waals surface area contributed by atoms with E-state index >= 15 is 0 Å². The number of carboxylic acids is 1. The maximum Gasteiger partial charge on any atom is 0.253 e. The summed E-state index contributed by atoms with van der Waals surface area (Å²) in [5.41, 5.74) is 2.93. The fourth-order valence-electron chi connectivity index (χ4n) is 2.94. The highest BCUT2D eigenvalue weighted by Gasteiger charge is 2.22. The fourth-order valence-corrected chi connectivity index (χ4v) is 2.94. The molecule has 1 fully saturated rings. The largest absolute Gasteiger partial charge is 0.545 e. The number of carboxylic acid groups (broad SMARTS) is 1. The standard InChI is InChI=1S/C19H20N2O3/c1-14-3-2-4-16(13-14)18(22)21-11-9-20(10-12-21)17-7-5-15(6-8-17)19(23)24/h2-8,13H,9-12H2,1H3,(H,23,24)/p-1. The molecule has 0 bridgehead atoms. The molecule has 0 saturated carbocycles. The van der Waals surface area contributed by atoms with Gasteiger partial charge in [-0.25, -0.2) is 0 Å². The molecule has 3 rings (SSSR count). The van der Waals surface area contributed by atoms with E-state index in [1.807, 2.05) is 36.1 Å². The van der Waals surface area contributed by atoms with Crippen LogP contribution in [-0.4, -0.2) is 43.0 Å². The van der Waals surface area contributed by atoms with Crippen molar-refractivity contribution in [3.8, 4) is 0 Å². The molecule has 2 aromatic rings. The monoisotopic (exact) mass is 323 g/mol. The molecule has 0 spiro atoms. The molecule has 0 aromatic heterocycles. The number of nitrogens with zero attached hydrogens (tertiary/aromatic N) is 2. The van der Waals surface area contributed by atoms with Gasteiger partial charge in [0.05, 0.1) is 5.97 Å². The third-order valence-corrected chi connectivity index (χ3v) is 4.30. The summed E-state index contributed by atoms with van der Waals surface area (Å²) < 4.78 is 0. The number of carbonyl (C=O) groups is 2. The average Bonchev–Trinajstić information content (AvgIpc) is 2.61. The molecule has 0 radical (unpaired) electrons. The smallest absolute Gasteiger partial charge is 0.253 e. The predicted molar refractivity (Wildman–Crippen MR) is 90.1 cm³/mol. The van der Waals surface area contributed by atoms with E-state index in [1.165, 1.54) is 0 Å². The van der Waals surface area contributed by atoms with Crippen molar-refractivity contribution in [2.75, 3.05) is 31.1 Å². The maximum absolute atomic E-state index is 12.5. The number of hydrogen-bond acceptors (Lipinski definition) is 4. The van der Waals surface area contributed by atoms with Crippen LogP contribution >= 0.6 is 0 Å². The van der Waals surface area contributed by atoms with Crippen LogP contribution in [0.5, 0.6) is 0 Å². The van der Waals surface area contributed by atoms with Gasteiger partial charge in [-0.1, -0.05) is 29.8 Å². The second-order valence-electron chi connectivity index (χ2n) is 5.98. The van der Waals surface area contributed by atoms with Gasteiger partial charge in [0.15, 0.2) is 0 Å². The van der Waals surface area contributed by atoms with Crippen LogP contribution in [-0.2, 0) is 0 Å². The summed E-state index contributed by atoms with van der Waals surface area (Å²) in [6.07, 6.45) is 0. The number of hydrogen-bond donors (Lipinski definition) is 0. The van der Waals surface area contributed by atoms with Crippen molar-refractivity contribution in [3.63, 3.8) is 0 Å². The first kappa shape index (κ1) is 16.1. The number of piperazine rings is 1. The Bertz CT molecular complexity index is 747. The minimum absolute atomic E-state index is 0.0608. The third-order valence-electron chi connectivity index (χ3n) is 4.30. The first-order valence-corrected chi connectivity index (χ1v) is 7.97. The first-order valence-electron chi connectivity index (χ1n) is 7.97. The third kappa shape index (κ3) is 3.40. The summed E-state index contributed by atoms with van der Waals surface area (Å²) in [5.74, 6) is -1.11. The average molecular weight is 323 g/mol. The number of rotatable bonds is 3. The molecule has 5 nitrogen and oxygen atoms in total. The van der Waals surface area contributed by atoms with Crippen LogP contribution < -0.4 is 10.0 Å². The Hall–Kier alpha value is -2.82. The van der Waals surface area contributed by atoms with Gasteiger partial charge in [-0.3, -0.25) is 4.79 Å². The van der Waals surface area contributed by atoms with E-state index in [0.29, 0.717) is 13.1 Å². The van der Waals surface area contributed by atoms with Gasteiger partial charge < -0.3 is 19.7 Å². The first-order chi connectivity index (χ1) is 11.5. The van der Waals surface area contributed by atoms with E-state index < -0.39 is 5.97 Å². The van der Waals surface area contributed by atoms with E-state index in [1.54, 1.807) is 24.3 Å². The number of aryl methyl sites for hydroxylation is 1. The molecule has 0 unspecified atom stereocenters. The minimum Gasteiger partial charge on any atom is -0.545 e. The molecular weight excluding hydrogens is 304 g/mol. The highest BCUT2D eigenvalue weighted by molar-refractivity contribution is 5.94. The Kier molecular flexibility index (Phi) is 4.51. The lowest BCUT2D eigenvalue weighted by molar-refractivity contribution is -0.255. The lowest BCUT2D eigenvalue weighted by Gasteiger charge is -2.36. The van der Waals surface area contributed by atoms with Crippen LogP contribution in [0.1, 0.15) is 26.3 Å². The van der Waals surface area contributed by atoms with Gasteiger partial charge in [-0.2, -0.15) is 0 Å². The molecule has 1 saturated heterocycles. The SMILES string of the molecule is Cc1cccc(C(=O)N2CCN(c3ccc(C(=O)[O-])cc3)CC2)c1. The van der Waals surface area contributed by atoms with Crippen molar-refractivity contribution in [1.29, 1.82) is 0 Å². The van der Waals surface area contributed by atoms with Crippen LogP contribution in [0.25, 0.3) is 0 Å². The van der Waals surface area contributed by atoms with E-state index in [-0.39, 0.29) is 11.5 Å². The quantitative estimate of drug-likeness (QED) is 0.855. The van der Waals surface area contributed by atoms with Crippen LogP contribution in [0.2, 0.25) is 0 Å². The van der Waals surface area contributed by atoms with Crippen LogP contribution in [0.3, 0.4) is 0 Å². The van der Waals surface area contributed by atoms with Crippen molar-refractivity contribution >= 4 is 17.6 Å². The summed E-state index contributed by atoms with van der Waals surface area (Å²) in [6, 6.07) is 14.3. The molecule has 0 aliphatic carbocycles. The predicted octanol–water partition coefficient (Wildman–Crippen LogP) is 1.32. The van der Waals surface area contributed by atoms with Crippen LogP contribution in [0, 0.1) is 6.92 Å². The van der Waals surface area contributed by atoms with E-state index in [4.69, 9.17) is 0 Å². The van der Waals surface area contributed by atoms with Crippen LogP contribution in [0.15, 0.2) is 48.5 Å². The second kappa shape index (κ2) is 6.74. The van der Waals surface area contributed by atoms with Crippen LogP contribution in [0.4, 0.5) is 5.69 Å². The van der Waals surface area contributed by atoms with Crippen molar-refractivity contribution < 1.29 is 14.7 Å². The zero-order chi connectivity index (χ0) is 17.1. The van der Waals surface area contributed by atoms with E-state index in [2.05, 4.69) is 4.90 Å². The summed E-state index contributed by atoms with van der Waals surface area (Å²) in [5, 5.41) is 10.8. The molecule has 1 aliphatic heterocycles. The number of aromatic carboxylic acids is 1. The zero-order valence-electron chi connectivity index (χ0n) is 13.6. The fraction of sp³-hybridized carbons (Fsp3) is 0.263. The maximum atomic E-state index is 12.5. The zero-order valence-corrected chi connectivity index (χ0v) is 13.6. The molecule has 5 heteroatoms.